The van der Waals surface area contributed by atoms with Crippen LogP contribution in [0.3, 0.4) is 0 Å². The molecule has 1 aromatic heterocycles. The molecule has 0 N–H and O–H groups in total. The predicted molar refractivity (Wildman–Crippen MR) is 70.8 cm³/mol. The zero-order valence-electron chi connectivity index (χ0n) is 10.5. The second kappa shape index (κ2) is 5.12. The van der Waals surface area contributed by atoms with Crippen molar-refractivity contribution in [2.24, 2.45) is 5.92 Å². The lowest BCUT2D eigenvalue weighted by atomic mass is 9.85. The number of carbonyl (C=O) groups is 1. The van der Waals surface area contributed by atoms with Crippen LogP contribution in [0.25, 0.3) is 0 Å². The molecule has 0 saturated carbocycles. The van der Waals surface area contributed by atoms with Gasteiger partial charge in [-0.25, -0.2) is 4.39 Å². The van der Waals surface area contributed by atoms with E-state index in [1.165, 1.54) is 18.3 Å². The summed E-state index contributed by atoms with van der Waals surface area (Å²) in [5.74, 6) is -0.659. The number of rotatable bonds is 2. The van der Waals surface area contributed by atoms with Crippen LogP contribution in [-0.2, 0) is 10.8 Å². The topological polar surface area (TPSA) is 47.0 Å². The van der Waals surface area contributed by atoms with Crippen molar-refractivity contribution in [2.45, 2.75) is 42.6 Å². The fraction of sp³-hybridized carbons (Fsp3) is 0.571. The van der Waals surface area contributed by atoms with E-state index in [4.69, 9.17) is 0 Å². The summed E-state index contributed by atoms with van der Waals surface area (Å²) in [4.78, 5) is 16.3. The average molecular weight is 281 g/mol. The van der Waals surface area contributed by atoms with Gasteiger partial charge < -0.3 is 0 Å². The molecule has 2 fully saturated rings. The second-order valence-corrected chi connectivity index (χ2v) is 7.39. The number of aromatic nitrogens is 1. The van der Waals surface area contributed by atoms with Gasteiger partial charge in [-0.15, -0.1) is 0 Å². The van der Waals surface area contributed by atoms with Gasteiger partial charge in [0.1, 0.15) is 11.5 Å². The lowest BCUT2D eigenvalue weighted by molar-refractivity contribution is 0.0889. The Hall–Kier alpha value is -1.10. The summed E-state index contributed by atoms with van der Waals surface area (Å²) in [6.07, 6.45) is 5.66. The summed E-state index contributed by atoms with van der Waals surface area (Å²) in [5, 5.41) is 0.296. The summed E-state index contributed by atoms with van der Waals surface area (Å²) in [5.41, 5.74) is 0.204. The fourth-order valence-electron chi connectivity index (χ4n) is 3.20. The van der Waals surface area contributed by atoms with E-state index < -0.39 is 16.6 Å². The van der Waals surface area contributed by atoms with Crippen LogP contribution in [0, 0.1) is 11.7 Å². The summed E-state index contributed by atoms with van der Waals surface area (Å²) in [7, 11) is -0.781. The Morgan fingerprint density at radius 1 is 1.32 bits per heavy atom. The van der Waals surface area contributed by atoms with Gasteiger partial charge in [0.2, 0.25) is 0 Å². The number of Topliss-reactive ketones (excluding diaryl/α,β-unsaturated/α-hetero) is 1. The molecule has 0 aromatic carbocycles. The minimum Gasteiger partial charge on any atom is -0.292 e. The third-order valence-corrected chi connectivity index (χ3v) is 6.32. The molecule has 2 aliphatic heterocycles. The normalized spacial score (nSPS) is 33.9. The Balaban J connectivity index is 1.80. The minimum absolute atomic E-state index is 0.0897. The number of fused-ring (bicyclic) bond motifs is 2. The van der Waals surface area contributed by atoms with Gasteiger partial charge in [-0.2, -0.15) is 0 Å². The number of ketones is 1. The van der Waals surface area contributed by atoms with E-state index in [9.17, 15) is 13.4 Å². The van der Waals surface area contributed by atoms with Gasteiger partial charge >= 0.3 is 0 Å². The van der Waals surface area contributed by atoms with Gasteiger partial charge in [0, 0.05) is 39.5 Å². The quantitative estimate of drug-likeness (QED) is 0.782. The second-order valence-electron chi connectivity index (χ2n) is 5.40. The molecule has 0 spiro atoms. The molecule has 19 heavy (non-hydrogen) atoms. The van der Waals surface area contributed by atoms with Gasteiger partial charge in [-0.05, 0) is 31.7 Å². The Bertz CT molecular complexity index is 518. The molecule has 3 heterocycles. The molecule has 102 valence electrons. The van der Waals surface area contributed by atoms with Gasteiger partial charge in [0.05, 0.1) is 0 Å². The number of carbonyl (C=O) groups excluding carboxylic acids is 1. The summed E-state index contributed by atoms with van der Waals surface area (Å²) >= 11 is 0. The van der Waals surface area contributed by atoms with Crippen LogP contribution in [0.2, 0.25) is 0 Å². The van der Waals surface area contributed by atoms with E-state index >= 15 is 0 Å². The van der Waals surface area contributed by atoms with Gasteiger partial charge in [0.25, 0.3) is 0 Å². The minimum atomic E-state index is -0.781. The number of hydrogen-bond donors (Lipinski definition) is 0. The molecule has 3 nitrogen and oxygen atoms in total. The molecule has 2 atom stereocenters. The number of pyridine rings is 1. The SMILES string of the molecule is O=C(c1cc(F)ccn1)C1CC2CCCC(C1)S2=O. The van der Waals surface area contributed by atoms with Crippen LogP contribution in [0.1, 0.15) is 42.6 Å². The molecule has 1 aromatic rings. The van der Waals surface area contributed by atoms with E-state index in [0.29, 0.717) is 12.8 Å². The third-order valence-electron chi connectivity index (χ3n) is 4.15. The van der Waals surface area contributed by atoms with Crippen molar-refractivity contribution in [3.05, 3.63) is 29.8 Å². The highest BCUT2D eigenvalue weighted by molar-refractivity contribution is 7.86. The van der Waals surface area contributed by atoms with E-state index in [1.807, 2.05) is 0 Å². The first-order valence-corrected chi connectivity index (χ1v) is 7.98. The fourth-order valence-corrected chi connectivity index (χ4v) is 5.38. The van der Waals surface area contributed by atoms with E-state index in [0.717, 1.165) is 19.3 Å². The monoisotopic (exact) mass is 281 g/mol. The molecule has 0 aliphatic carbocycles. The van der Waals surface area contributed by atoms with Crippen LogP contribution in [0.15, 0.2) is 18.3 Å². The first-order chi connectivity index (χ1) is 9.15. The van der Waals surface area contributed by atoms with Crippen molar-refractivity contribution in [1.29, 1.82) is 0 Å². The standard InChI is InChI=1S/C14H16FNO2S/c15-10-4-5-16-13(8-10)14(17)9-6-11-2-1-3-12(7-9)19(11)18/h4-5,8-9,11-12H,1-3,6-7H2. The number of halogens is 1. The summed E-state index contributed by atoms with van der Waals surface area (Å²) in [6, 6.07) is 2.44. The van der Waals surface area contributed by atoms with Crippen molar-refractivity contribution in [3.8, 4) is 0 Å². The highest BCUT2D eigenvalue weighted by atomic mass is 32.2. The molecule has 2 unspecified atom stereocenters. The predicted octanol–water partition coefficient (Wildman–Crippen LogP) is 2.48. The molecule has 2 bridgehead atoms. The molecule has 0 radical (unpaired) electrons. The summed E-state index contributed by atoms with van der Waals surface area (Å²) in [6.45, 7) is 0. The van der Waals surface area contributed by atoms with Gasteiger partial charge in [0.15, 0.2) is 5.78 Å². The number of nitrogens with zero attached hydrogens (tertiary/aromatic N) is 1. The first-order valence-electron chi connectivity index (χ1n) is 6.70. The molecular weight excluding hydrogens is 265 g/mol. The first kappa shape index (κ1) is 12.9. The maximum absolute atomic E-state index is 13.1. The highest BCUT2D eigenvalue weighted by Gasteiger charge is 2.40. The van der Waals surface area contributed by atoms with Crippen LogP contribution in [0.5, 0.6) is 0 Å². The lowest BCUT2D eigenvalue weighted by Gasteiger charge is -2.37. The molecule has 3 rings (SSSR count). The van der Waals surface area contributed by atoms with Gasteiger partial charge in [-0.3, -0.25) is 14.0 Å². The van der Waals surface area contributed by atoms with Crippen LogP contribution in [-0.4, -0.2) is 25.5 Å². The zero-order valence-corrected chi connectivity index (χ0v) is 11.4. The van der Waals surface area contributed by atoms with Crippen LogP contribution >= 0.6 is 0 Å². The Morgan fingerprint density at radius 3 is 2.63 bits per heavy atom. The molecule has 0 amide bonds. The van der Waals surface area contributed by atoms with Crippen molar-refractivity contribution in [3.63, 3.8) is 0 Å². The van der Waals surface area contributed by atoms with Gasteiger partial charge in [-0.1, -0.05) is 6.42 Å². The average Bonchev–Trinajstić information content (AvgIpc) is 2.37. The molecule has 2 saturated heterocycles. The van der Waals surface area contributed by atoms with E-state index in [1.54, 1.807) is 0 Å². The molecule has 2 aliphatic rings. The molecular formula is C14H16FNO2S. The van der Waals surface area contributed by atoms with Crippen molar-refractivity contribution in [1.82, 2.24) is 4.98 Å². The number of hydrogen-bond acceptors (Lipinski definition) is 3. The van der Waals surface area contributed by atoms with Crippen molar-refractivity contribution < 1.29 is 13.4 Å². The maximum Gasteiger partial charge on any atom is 0.184 e. The smallest absolute Gasteiger partial charge is 0.184 e. The van der Waals surface area contributed by atoms with Crippen LogP contribution < -0.4 is 0 Å². The summed E-state index contributed by atoms with van der Waals surface area (Å²) < 4.78 is 25.2. The van der Waals surface area contributed by atoms with Crippen molar-refractivity contribution in [2.75, 3.05) is 0 Å². The van der Waals surface area contributed by atoms with E-state index in [2.05, 4.69) is 4.98 Å². The molecule has 5 heteroatoms. The highest BCUT2D eigenvalue weighted by Crippen LogP contribution is 2.38. The third kappa shape index (κ3) is 2.48. The lowest BCUT2D eigenvalue weighted by Crippen LogP contribution is -2.41. The zero-order chi connectivity index (χ0) is 13.4. The van der Waals surface area contributed by atoms with Crippen LogP contribution in [0.4, 0.5) is 4.39 Å². The van der Waals surface area contributed by atoms with Crippen molar-refractivity contribution >= 4 is 16.6 Å². The Morgan fingerprint density at radius 2 is 2.00 bits per heavy atom. The Kier molecular flexibility index (Phi) is 3.48. The Labute approximate surface area is 114 Å². The maximum atomic E-state index is 13.1. The largest absolute Gasteiger partial charge is 0.292 e. The van der Waals surface area contributed by atoms with E-state index in [-0.39, 0.29) is 27.9 Å².